The summed E-state index contributed by atoms with van der Waals surface area (Å²) in [4.78, 5) is 12.3. The molecule has 4 nitrogen and oxygen atoms in total. The summed E-state index contributed by atoms with van der Waals surface area (Å²) in [6.45, 7) is 6.86. The monoisotopic (exact) mass is 299 g/mol. The van der Waals surface area contributed by atoms with Crippen LogP contribution in [0.4, 0.5) is 5.69 Å². The number of nitrogens with zero attached hydrogens (tertiary/aromatic N) is 1. The number of amides is 1. The Balaban J connectivity index is 1.92. The second-order valence-corrected chi connectivity index (χ2v) is 6.78. The van der Waals surface area contributed by atoms with Crippen LogP contribution in [-0.4, -0.2) is 18.5 Å². The van der Waals surface area contributed by atoms with E-state index in [1.54, 1.807) is 0 Å². The molecule has 1 amide bonds. The normalized spacial score (nSPS) is 25.0. The minimum absolute atomic E-state index is 0.117. The van der Waals surface area contributed by atoms with Crippen LogP contribution in [0, 0.1) is 28.6 Å². The lowest BCUT2D eigenvalue weighted by molar-refractivity contribution is -0.134. The van der Waals surface area contributed by atoms with Gasteiger partial charge in [0.05, 0.1) is 6.07 Å². The van der Waals surface area contributed by atoms with Crippen LogP contribution in [0.5, 0.6) is 0 Å². The quantitative estimate of drug-likeness (QED) is 0.848. The predicted octanol–water partition coefficient (Wildman–Crippen LogP) is 3.18. The molecule has 0 aromatic heterocycles. The summed E-state index contributed by atoms with van der Waals surface area (Å²) >= 11 is 0. The molecule has 118 valence electrons. The van der Waals surface area contributed by atoms with Crippen molar-refractivity contribution in [2.24, 2.45) is 17.3 Å². The van der Waals surface area contributed by atoms with Crippen molar-refractivity contribution in [3.63, 3.8) is 0 Å². The summed E-state index contributed by atoms with van der Waals surface area (Å²) in [5.41, 5.74) is 0.246. The smallest absolute Gasteiger partial charge is 0.240 e. The number of nitrogens with one attached hydrogen (secondary N) is 2. The van der Waals surface area contributed by atoms with Crippen LogP contribution in [0.15, 0.2) is 30.3 Å². The van der Waals surface area contributed by atoms with Crippen molar-refractivity contribution in [1.29, 1.82) is 5.26 Å². The number of hydrogen-bond acceptors (Lipinski definition) is 3. The molecule has 2 N–H and O–H groups in total. The van der Waals surface area contributed by atoms with Gasteiger partial charge in [0.1, 0.15) is 5.41 Å². The van der Waals surface area contributed by atoms with Crippen molar-refractivity contribution in [3.8, 4) is 6.07 Å². The van der Waals surface area contributed by atoms with Crippen LogP contribution in [-0.2, 0) is 4.79 Å². The second-order valence-electron chi connectivity index (χ2n) is 6.78. The van der Waals surface area contributed by atoms with E-state index < -0.39 is 5.41 Å². The minimum atomic E-state index is -0.798. The van der Waals surface area contributed by atoms with Crippen molar-refractivity contribution in [2.45, 2.75) is 39.7 Å². The third-order valence-corrected chi connectivity index (χ3v) is 4.46. The summed E-state index contributed by atoms with van der Waals surface area (Å²) in [5.74, 6) is 0.723. The molecule has 0 radical (unpaired) electrons. The fourth-order valence-corrected chi connectivity index (χ4v) is 3.03. The highest BCUT2D eigenvalue weighted by molar-refractivity contribution is 5.86. The second kappa shape index (κ2) is 6.83. The zero-order chi connectivity index (χ0) is 16.2. The van der Waals surface area contributed by atoms with E-state index in [4.69, 9.17) is 0 Å². The van der Waals surface area contributed by atoms with Crippen LogP contribution in [0.25, 0.3) is 0 Å². The molecule has 1 atom stereocenters. The Morgan fingerprint density at radius 1 is 1.36 bits per heavy atom. The molecule has 0 saturated heterocycles. The Morgan fingerprint density at radius 3 is 2.50 bits per heavy atom. The van der Waals surface area contributed by atoms with Gasteiger partial charge in [-0.25, -0.2) is 0 Å². The van der Waals surface area contributed by atoms with E-state index in [1.807, 2.05) is 30.3 Å². The Kier molecular flexibility index (Phi) is 5.07. The van der Waals surface area contributed by atoms with Crippen LogP contribution in [0.2, 0.25) is 0 Å². The molecule has 1 aliphatic rings. The van der Waals surface area contributed by atoms with Gasteiger partial charge in [0.15, 0.2) is 0 Å². The number of rotatable bonds is 6. The molecule has 1 fully saturated rings. The highest BCUT2D eigenvalue weighted by Gasteiger charge is 2.48. The average Bonchev–Trinajstić information content (AvgIpc) is 2.48. The van der Waals surface area contributed by atoms with Crippen LogP contribution >= 0.6 is 0 Å². The summed E-state index contributed by atoms with van der Waals surface area (Å²) < 4.78 is 0. The first-order chi connectivity index (χ1) is 10.5. The zero-order valence-corrected chi connectivity index (χ0v) is 13.6. The molecule has 1 unspecified atom stereocenters. The maximum absolute atomic E-state index is 12.3. The zero-order valence-electron chi connectivity index (χ0n) is 13.6. The molecular weight excluding hydrogens is 274 g/mol. The lowest BCUT2D eigenvalue weighted by atomic mass is 9.63. The molecular formula is C18H25N3O. The van der Waals surface area contributed by atoms with Crippen molar-refractivity contribution in [1.82, 2.24) is 5.32 Å². The van der Waals surface area contributed by atoms with Crippen molar-refractivity contribution >= 4 is 11.6 Å². The largest absolute Gasteiger partial charge is 0.380 e. The lowest BCUT2D eigenvalue weighted by Gasteiger charge is -2.39. The van der Waals surface area contributed by atoms with Gasteiger partial charge in [-0.15, -0.1) is 0 Å². The number of hydrogen-bond donors (Lipinski definition) is 2. The molecule has 0 spiro atoms. The number of nitriles is 1. The maximum Gasteiger partial charge on any atom is 0.240 e. The minimum Gasteiger partial charge on any atom is -0.380 e. The molecule has 0 heterocycles. The standard InChI is InChI=1S/C18H25N3O/c1-13(2)16(21-15-7-5-4-6-8-15)11-20-17(22)18(12-19)9-14(3)10-18/h4-8,13-14,16,21H,9-11H2,1-3H3,(H,20,22). The average molecular weight is 299 g/mol. The molecule has 2 rings (SSSR count). The van der Waals surface area contributed by atoms with Crippen molar-refractivity contribution < 1.29 is 4.79 Å². The van der Waals surface area contributed by atoms with E-state index in [1.165, 1.54) is 0 Å². The first kappa shape index (κ1) is 16.4. The first-order valence-electron chi connectivity index (χ1n) is 7.98. The topological polar surface area (TPSA) is 64.9 Å². The van der Waals surface area contributed by atoms with E-state index in [2.05, 4.69) is 37.5 Å². The molecule has 1 aliphatic carbocycles. The van der Waals surface area contributed by atoms with Gasteiger partial charge in [0.25, 0.3) is 0 Å². The van der Waals surface area contributed by atoms with Gasteiger partial charge in [-0.2, -0.15) is 5.26 Å². The van der Waals surface area contributed by atoms with Gasteiger partial charge in [-0.3, -0.25) is 4.79 Å². The molecule has 1 aromatic carbocycles. The maximum atomic E-state index is 12.3. The van der Waals surface area contributed by atoms with Crippen molar-refractivity contribution in [3.05, 3.63) is 30.3 Å². The number of anilines is 1. The molecule has 0 bridgehead atoms. The SMILES string of the molecule is CC1CC(C#N)(C(=O)NCC(Nc2ccccc2)C(C)C)C1. The summed E-state index contributed by atoms with van der Waals surface area (Å²) in [7, 11) is 0. The molecule has 1 aromatic rings. The number of benzene rings is 1. The van der Waals surface area contributed by atoms with E-state index in [9.17, 15) is 10.1 Å². The van der Waals surface area contributed by atoms with E-state index >= 15 is 0 Å². The number of carbonyl (C=O) groups excluding carboxylic acids is 1. The summed E-state index contributed by atoms with van der Waals surface area (Å²) in [6, 6.07) is 12.3. The Morgan fingerprint density at radius 2 is 2.00 bits per heavy atom. The van der Waals surface area contributed by atoms with Gasteiger partial charge in [0, 0.05) is 18.3 Å². The summed E-state index contributed by atoms with van der Waals surface area (Å²) in [6.07, 6.45) is 1.35. The van der Waals surface area contributed by atoms with Gasteiger partial charge in [-0.1, -0.05) is 39.0 Å². The Hall–Kier alpha value is -2.02. The summed E-state index contributed by atoms with van der Waals surface area (Å²) in [5, 5.41) is 15.7. The van der Waals surface area contributed by atoms with Crippen LogP contribution in [0.1, 0.15) is 33.6 Å². The number of para-hydroxylation sites is 1. The molecule has 0 aliphatic heterocycles. The highest BCUT2D eigenvalue weighted by Crippen LogP contribution is 2.45. The van der Waals surface area contributed by atoms with Gasteiger partial charge < -0.3 is 10.6 Å². The Labute approximate surface area is 132 Å². The third kappa shape index (κ3) is 3.59. The van der Waals surface area contributed by atoms with Gasteiger partial charge in [0.2, 0.25) is 5.91 Å². The molecule has 4 heteroatoms. The lowest BCUT2D eigenvalue weighted by Crippen LogP contribution is -2.51. The third-order valence-electron chi connectivity index (χ3n) is 4.46. The van der Waals surface area contributed by atoms with E-state index in [-0.39, 0.29) is 11.9 Å². The van der Waals surface area contributed by atoms with Gasteiger partial charge in [-0.05, 0) is 36.8 Å². The first-order valence-corrected chi connectivity index (χ1v) is 7.98. The van der Waals surface area contributed by atoms with Crippen LogP contribution in [0.3, 0.4) is 0 Å². The highest BCUT2D eigenvalue weighted by atomic mass is 16.2. The molecule has 22 heavy (non-hydrogen) atoms. The van der Waals surface area contributed by atoms with E-state index in [0.29, 0.717) is 31.2 Å². The van der Waals surface area contributed by atoms with Crippen molar-refractivity contribution in [2.75, 3.05) is 11.9 Å². The predicted molar refractivity (Wildman–Crippen MR) is 88.1 cm³/mol. The Bertz CT molecular complexity index is 541. The fourth-order valence-electron chi connectivity index (χ4n) is 3.03. The fraction of sp³-hybridized carbons (Fsp3) is 0.556. The number of carbonyl (C=O) groups is 1. The molecule has 1 saturated carbocycles. The van der Waals surface area contributed by atoms with Gasteiger partial charge >= 0.3 is 0 Å². The van der Waals surface area contributed by atoms with Crippen LogP contribution < -0.4 is 10.6 Å². The van der Waals surface area contributed by atoms with E-state index in [0.717, 1.165) is 5.69 Å².